The zero-order valence-electron chi connectivity index (χ0n) is 12.4. The van der Waals surface area contributed by atoms with Crippen LogP contribution in [0.3, 0.4) is 0 Å². The molecule has 2 N–H and O–H groups in total. The molecule has 0 saturated heterocycles. The molecule has 0 spiro atoms. The smallest absolute Gasteiger partial charge is 0.269 e. The van der Waals surface area contributed by atoms with Crippen LogP contribution in [0.25, 0.3) is 0 Å². The standard InChI is InChI=1S/C17H22N2O2/c1-11-2-5-13(6-3-11)17(21)19-18-16(20)10-15-9-12-4-7-14(15)8-12/h2-3,5-6,12,14-15H,4,7-10H2,1H3,(H,18,20)(H,19,21)/t12-,14+,15-/m0/s1. The van der Waals surface area contributed by atoms with Crippen molar-refractivity contribution in [3.8, 4) is 0 Å². The fraction of sp³-hybridized carbons (Fsp3) is 0.529. The van der Waals surface area contributed by atoms with E-state index in [0.29, 0.717) is 17.9 Å². The number of rotatable bonds is 3. The van der Waals surface area contributed by atoms with Gasteiger partial charge in [-0.3, -0.25) is 20.4 Å². The predicted molar refractivity (Wildman–Crippen MR) is 80.3 cm³/mol. The Morgan fingerprint density at radius 2 is 1.86 bits per heavy atom. The number of amides is 2. The summed E-state index contributed by atoms with van der Waals surface area (Å²) in [6, 6.07) is 7.28. The molecular formula is C17H22N2O2. The molecule has 4 heteroatoms. The fourth-order valence-electron chi connectivity index (χ4n) is 3.82. The average molecular weight is 286 g/mol. The van der Waals surface area contributed by atoms with E-state index < -0.39 is 0 Å². The van der Waals surface area contributed by atoms with Gasteiger partial charge in [0.15, 0.2) is 0 Å². The Balaban J connectivity index is 1.45. The van der Waals surface area contributed by atoms with Crippen molar-refractivity contribution < 1.29 is 9.59 Å². The molecular weight excluding hydrogens is 264 g/mol. The van der Waals surface area contributed by atoms with E-state index in [1.807, 2.05) is 19.1 Å². The second-order valence-electron chi connectivity index (χ2n) is 6.51. The molecule has 1 aromatic carbocycles. The Kier molecular flexibility index (Phi) is 3.95. The summed E-state index contributed by atoms with van der Waals surface area (Å²) in [5.41, 5.74) is 6.70. The summed E-state index contributed by atoms with van der Waals surface area (Å²) < 4.78 is 0. The molecule has 2 amide bonds. The normalized spacial score (nSPS) is 26.6. The number of aryl methyl sites for hydroxylation is 1. The third-order valence-corrected chi connectivity index (χ3v) is 4.96. The molecule has 21 heavy (non-hydrogen) atoms. The SMILES string of the molecule is Cc1ccc(C(=O)NNC(=O)C[C@@H]2C[C@H]3CC[C@@H]2C3)cc1. The molecule has 0 aromatic heterocycles. The Bertz CT molecular complexity index is 538. The van der Waals surface area contributed by atoms with Gasteiger partial charge in [-0.1, -0.05) is 24.1 Å². The number of benzene rings is 1. The highest BCUT2D eigenvalue weighted by atomic mass is 16.2. The summed E-state index contributed by atoms with van der Waals surface area (Å²) in [6.07, 6.45) is 5.64. The van der Waals surface area contributed by atoms with Crippen molar-refractivity contribution >= 4 is 11.8 Å². The Labute approximate surface area is 125 Å². The van der Waals surface area contributed by atoms with Gasteiger partial charge in [-0.15, -0.1) is 0 Å². The number of hydrazine groups is 1. The van der Waals surface area contributed by atoms with Crippen molar-refractivity contribution in [3.05, 3.63) is 35.4 Å². The predicted octanol–water partition coefficient (Wildman–Crippen LogP) is 2.58. The fourth-order valence-corrected chi connectivity index (χ4v) is 3.82. The summed E-state index contributed by atoms with van der Waals surface area (Å²) in [6.45, 7) is 1.97. The van der Waals surface area contributed by atoms with Crippen molar-refractivity contribution in [2.45, 2.75) is 39.0 Å². The van der Waals surface area contributed by atoms with Crippen LogP contribution in [0.5, 0.6) is 0 Å². The van der Waals surface area contributed by atoms with Crippen molar-refractivity contribution in [1.82, 2.24) is 10.9 Å². The van der Waals surface area contributed by atoms with E-state index in [9.17, 15) is 9.59 Å². The zero-order valence-corrected chi connectivity index (χ0v) is 12.4. The summed E-state index contributed by atoms with van der Waals surface area (Å²) in [7, 11) is 0. The molecule has 1 aromatic rings. The monoisotopic (exact) mass is 286 g/mol. The lowest BCUT2D eigenvalue weighted by Gasteiger charge is -2.20. The molecule has 2 saturated carbocycles. The van der Waals surface area contributed by atoms with E-state index >= 15 is 0 Å². The molecule has 0 unspecified atom stereocenters. The maximum absolute atomic E-state index is 11.9. The molecule has 3 atom stereocenters. The lowest BCUT2D eigenvalue weighted by molar-refractivity contribution is -0.123. The maximum atomic E-state index is 11.9. The number of hydrogen-bond acceptors (Lipinski definition) is 2. The van der Waals surface area contributed by atoms with Crippen LogP contribution in [0.15, 0.2) is 24.3 Å². The van der Waals surface area contributed by atoms with Crippen molar-refractivity contribution in [2.24, 2.45) is 17.8 Å². The maximum Gasteiger partial charge on any atom is 0.269 e. The van der Waals surface area contributed by atoms with Crippen LogP contribution in [0.1, 0.15) is 48.0 Å². The highest BCUT2D eigenvalue weighted by Gasteiger charge is 2.40. The molecule has 112 valence electrons. The summed E-state index contributed by atoms with van der Waals surface area (Å²) in [4.78, 5) is 23.8. The number of fused-ring (bicyclic) bond motifs is 2. The van der Waals surface area contributed by atoms with Crippen LogP contribution in [-0.4, -0.2) is 11.8 Å². The molecule has 2 fully saturated rings. The van der Waals surface area contributed by atoms with Crippen molar-refractivity contribution in [3.63, 3.8) is 0 Å². The molecule has 2 aliphatic rings. The summed E-state index contributed by atoms with van der Waals surface area (Å²) in [5.74, 6) is 1.74. The van der Waals surface area contributed by atoms with E-state index in [1.54, 1.807) is 12.1 Å². The molecule has 3 rings (SSSR count). The minimum Gasteiger partial charge on any atom is -0.273 e. The topological polar surface area (TPSA) is 58.2 Å². The first kappa shape index (κ1) is 14.1. The first-order valence-corrected chi connectivity index (χ1v) is 7.77. The summed E-state index contributed by atoms with van der Waals surface area (Å²) >= 11 is 0. The van der Waals surface area contributed by atoms with E-state index in [1.165, 1.54) is 25.7 Å². The Morgan fingerprint density at radius 1 is 1.10 bits per heavy atom. The molecule has 0 radical (unpaired) electrons. The van der Waals surface area contributed by atoms with E-state index in [2.05, 4.69) is 10.9 Å². The minimum absolute atomic E-state index is 0.0759. The first-order valence-electron chi connectivity index (χ1n) is 7.77. The van der Waals surface area contributed by atoms with Gasteiger partial charge in [0.25, 0.3) is 5.91 Å². The van der Waals surface area contributed by atoms with Gasteiger partial charge in [0.1, 0.15) is 0 Å². The summed E-state index contributed by atoms with van der Waals surface area (Å²) in [5, 5.41) is 0. The Morgan fingerprint density at radius 3 is 2.48 bits per heavy atom. The van der Waals surface area contributed by atoms with E-state index in [4.69, 9.17) is 0 Å². The van der Waals surface area contributed by atoms with Gasteiger partial charge < -0.3 is 0 Å². The largest absolute Gasteiger partial charge is 0.273 e. The quantitative estimate of drug-likeness (QED) is 0.839. The van der Waals surface area contributed by atoms with Crippen LogP contribution < -0.4 is 10.9 Å². The second-order valence-corrected chi connectivity index (χ2v) is 6.51. The molecule has 4 nitrogen and oxygen atoms in total. The van der Waals surface area contributed by atoms with Crippen LogP contribution in [-0.2, 0) is 4.79 Å². The average Bonchev–Trinajstić information content (AvgIpc) is 3.08. The highest BCUT2D eigenvalue weighted by molar-refractivity contribution is 5.95. The van der Waals surface area contributed by atoms with E-state index in [-0.39, 0.29) is 11.8 Å². The molecule has 0 aliphatic heterocycles. The number of carbonyl (C=O) groups is 2. The lowest BCUT2D eigenvalue weighted by Crippen LogP contribution is -2.42. The van der Waals surface area contributed by atoms with Crippen molar-refractivity contribution in [1.29, 1.82) is 0 Å². The lowest BCUT2D eigenvalue weighted by atomic mass is 9.86. The number of carbonyl (C=O) groups excluding carboxylic acids is 2. The number of nitrogens with one attached hydrogen (secondary N) is 2. The van der Waals surface area contributed by atoms with Crippen molar-refractivity contribution in [2.75, 3.05) is 0 Å². The van der Waals surface area contributed by atoms with Gasteiger partial charge in [-0.25, -0.2) is 0 Å². The van der Waals surface area contributed by atoms with Crippen LogP contribution in [0.4, 0.5) is 0 Å². The third-order valence-electron chi connectivity index (χ3n) is 4.96. The molecule has 2 bridgehead atoms. The molecule has 2 aliphatic carbocycles. The first-order chi connectivity index (χ1) is 10.1. The third kappa shape index (κ3) is 3.26. The van der Waals surface area contributed by atoms with Gasteiger partial charge in [-0.05, 0) is 56.1 Å². The van der Waals surface area contributed by atoms with Gasteiger partial charge in [0.2, 0.25) is 5.91 Å². The van der Waals surface area contributed by atoms with Crippen LogP contribution >= 0.6 is 0 Å². The van der Waals surface area contributed by atoms with Gasteiger partial charge in [0, 0.05) is 12.0 Å². The van der Waals surface area contributed by atoms with Gasteiger partial charge >= 0.3 is 0 Å². The highest BCUT2D eigenvalue weighted by Crippen LogP contribution is 2.49. The second kappa shape index (κ2) is 5.88. The van der Waals surface area contributed by atoms with Gasteiger partial charge in [0.05, 0.1) is 0 Å². The number of hydrogen-bond donors (Lipinski definition) is 2. The van der Waals surface area contributed by atoms with E-state index in [0.717, 1.165) is 17.4 Å². The van der Waals surface area contributed by atoms with Crippen LogP contribution in [0, 0.1) is 24.7 Å². The molecule has 0 heterocycles. The minimum atomic E-state index is -0.267. The van der Waals surface area contributed by atoms with Gasteiger partial charge in [-0.2, -0.15) is 0 Å². The van der Waals surface area contributed by atoms with Crippen LogP contribution in [0.2, 0.25) is 0 Å². The Hall–Kier alpha value is -1.84. The zero-order chi connectivity index (χ0) is 14.8.